The summed E-state index contributed by atoms with van der Waals surface area (Å²) < 4.78 is 2.90. The van der Waals surface area contributed by atoms with Crippen molar-refractivity contribution in [2.75, 3.05) is 11.1 Å². The second kappa shape index (κ2) is 9.13. The number of nitrogens with zero attached hydrogens (tertiary/aromatic N) is 3. The van der Waals surface area contributed by atoms with Gasteiger partial charge in [0.25, 0.3) is 0 Å². The van der Waals surface area contributed by atoms with Crippen LogP contribution in [0.1, 0.15) is 0 Å². The number of rotatable bonds is 6. The van der Waals surface area contributed by atoms with Crippen LogP contribution in [0.3, 0.4) is 0 Å². The average Bonchev–Trinajstić information content (AvgIpc) is 3.38. The highest BCUT2D eigenvalue weighted by Gasteiger charge is 2.18. The normalized spacial score (nSPS) is 10.8. The van der Waals surface area contributed by atoms with E-state index in [4.69, 9.17) is 11.6 Å². The van der Waals surface area contributed by atoms with Crippen LogP contribution < -0.4 is 5.32 Å². The summed E-state index contributed by atoms with van der Waals surface area (Å²) >= 11 is 12.3. The van der Waals surface area contributed by atoms with Crippen LogP contribution in [0.2, 0.25) is 5.02 Å². The summed E-state index contributed by atoms with van der Waals surface area (Å²) in [7, 11) is 0. The lowest BCUT2D eigenvalue weighted by atomic mass is 10.3. The third-order valence-corrected chi connectivity index (χ3v) is 6.50. The van der Waals surface area contributed by atoms with Gasteiger partial charge in [-0.15, -0.1) is 21.5 Å². The van der Waals surface area contributed by atoms with Gasteiger partial charge < -0.3 is 5.32 Å². The summed E-state index contributed by atoms with van der Waals surface area (Å²) in [6, 6.07) is 18.9. The van der Waals surface area contributed by atoms with Crippen molar-refractivity contribution in [3.05, 3.63) is 75.5 Å². The first-order valence-corrected chi connectivity index (χ1v) is 11.6. The Labute approximate surface area is 189 Å². The van der Waals surface area contributed by atoms with Gasteiger partial charge in [-0.3, -0.25) is 9.36 Å². The number of benzene rings is 2. The van der Waals surface area contributed by atoms with E-state index in [0.717, 1.165) is 26.5 Å². The molecule has 0 spiro atoms. The molecule has 0 aliphatic rings. The number of hydrogen-bond donors (Lipinski definition) is 1. The maximum absolute atomic E-state index is 12.4. The van der Waals surface area contributed by atoms with Crippen LogP contribution in [0.15, 0.2) is 75.7 Å². The molecule has 2 aromatic heterocycles. The highest BCUT2D eigenvalue weighted by molar-refractivity contribution is 9.10. The van der Waals surface area contributed by atoms with Crippen molar-refractivity contribution in [1.82, 2.24) is 14.8 Å². The number of anilines is 1. The Balaban J connectivity index is 1.56. The lowest BCUT2D eigenvalue weighted by molar-refractivity contribution is -0.113. The summed E-state index contributed by atoms with van der Waals surface area (Å²) in [6.45, 7) is 0. The lowest BCUT2D eigenvalue weighted by Gasteiger charge is -2.10. The highest BCUT2D eigenvalue weighted by atomic mass is 79.9. The van der Waals surface area contributed by atoms with Crippen LogP contribution in [0, 0.1) is 0 Å². The smallest absolute Gasteiger partial charge is 0.234 e. The Morgan fingerprint density at radius 1 is 1.10 bits per heavy atom. The van der Waals surface area contributed by atoms with Crippen molar-refractivity contribution in [3.63, 3.8) is 0 Å². The second-order valence-electron chi connectivity index (χ2n) is 5.94. The maximum Gasteiger partial charge on any atom is 0.234 e. The van der Waals surface area contributed by atoms with Crippen LogP contribution in [0.25, 0.3) is 16.4 Å². The van der Waals surface area contributed by atoms with Gasteiger partial charge in [-0.1, -0.05) is 45.4 Å². The second-order valence-corrected chi connectivity index (χ2v) is 9.18. The SMILES string of the molecule is O=C(CSc1nnc(-c2cccs2)n1-c1ccc(Cl)cc1)Nc1ccc(Br)cc1. The first-order valence-electron chi connectivity index (χ1n) is 8.53. The topological polar surface area (TPSA) is 59.8 Å². The standard InChI is InChI=1S/C20H14BrClN4OS2/c21-13-3-7-15(8-4-13)23-18(27)12-29-20-25-24-19(17-2-1-11-28-17)26(20)16-9-5-14(22)6-10-16/h1-11H,12H2,(H,23,27). The van der Waals surface area contributed by atoms with Gasteiger partial charge >= 0.3 is 0 Å². The quantitative estimate of drug-likeness (QED) is 0.320. The van der Waals surface area contributed by atoms with Crippen LogP contribution in [0.5, 0.6) is 0 Å². The minimum atomic E-state index is -0.111. The molecule has 2 heterocycles. The van der Waals surface area contributed by atoms with Crippen LogP contribution in [0.4, 0.5) is 5.69 Å². The van der Waals surface area contributed by atoms with Crippen LogP contribution >= 0.6 is 50.6 Å². The molecule has 0 unspecified atom stereocenters. The van der Waals surface area contributed by atoms with E-state index in [2.05, 4.69) is 31.4 Å². The number of halogens is 2. The number of nitrogens with one attached hydrogen (secondary N) is 1. The average molecular weight is 506 g/mol. The Morgan fingerprint density at radius 2 is 1.86 bits per heavy atom. The zero-order valence-corrected chi connectivity index (χ0v) is 18.9. The van der Waals surface area contributed by atoms with Gasteiger partial charge in [0.1, 0.15) is 0 Å². The summed E-state index contributed by atoms with van der Waals surface area (Å²) in [5, 5.41) is 14.9. The predicted molar refractivity (Wildman–Crippen MR) is 123 cm³/mol. The summed E-state index contributed by atoms with van der Waals surface area (Å²) in [6.07, 6.45) is 0. The fourth-order valence-electron chi connectivity index (χ4n) is 2.61. The van der Waals surface area contributed by atoms with E-state index in [-0.39, 0.29) is 11.7 Å². The van der Waals surface area contributed by atoms with Crippen LogP contribution in [-0.2, 0) is 4.79 Å². The van der Waals surface area contributed by atoms with Crippen molar-refractivity contribution < 1.29 is 4.79 Å². The zero-order valence-electron chi connectivity index (χ0n) is 14.9. The van der Waals surface area contributed by atoms with Gasteiger partial charge in [0.15, 0.2) is 11.0 Å². The molecule has 9 heteroatoms. The Bertz CT molecular complexity index is 1110. The van der Waals surface area contributed by atoms with Gasteiger partial charge in [-0.05, 0) is 60.0 Å². The molecule has 0 saturated heterocycles. The predicted octanol–water partition coefficient (Wildman–Crippen LogP) is 6.14. The number of thiophene rings is 1. The Hall–Kier alpha value is -2.13. The molecule has 0 saturated carbocycles. The van der Waals surface area contributed by atoms with E-state index in [1.807, 2.05) is 70.6 Å². The number of carbonyl (C=O) groups excluding carboxylic acids is 1. The van der Waals surface area contributed by atoms with Gasteiger partial charge in [-0.25, -0.2) is 0 Å². The maximum atomic E-state index is 12.4. The molecule has 2 aromatic carbocycles. The van der Waals surface area contributed by atoms with Crippen molar-refractivity contribution in [2.45, 2.75) is 5.16 Å². The van der Waals surface area contributed by atoms with Crippen molar-refractivity contribution in [2.24, 2.45) is 0 Å². The molecule has 4 rings (SSSR count). The van der Waals surface area contributed by atoms with Crippen molar-refractivity contribution in [3.8, 4) is 16.4 Å². The monoisotopic (exact) mass is 504 g/mol. The van der Waals surface area contributed by atoms with E-state index in [9.17, 15) is 4.79 Å². The minimum Gasteiger partial charge on any atom is -0.325 e. The minimum absolute atomic E-state index is 0.111. The first-order chi connectivity index (χ1) is 14.1. The molecule has 146 valence electrons. The molecular formula is C20H14BrClN4OS2. The van der Waals surface area contributed by atoms with Gasteiger partial charge in [0.05, 0.1) is 10.6 Å². The first kappa shape index (κ1) is 20.2. The third kappa shape index (κ3) is 4.90. The van der Waals surface area contributed by atoms with Gasteiger partial charge in [0, 0.05) is 20.9 Å². The fourth-order valence-corrected chi connectivity index (χ4v) is 4.45. The lowest BCUT2D eigenvalue weighted by Crippen LogP contribution is -2.14. The van der Waals surface area contributed by atoms with E-state index in [0.29, 0.717) is 10.2 Å². The van der Waals surface area contributed by atoms with E-state index < -0.39 is 0 Å². The Kier molecular flexibility index (Phi) is 6.34. The molecular weight excluding hydrogens is 492 g/mol. The Morgan fingerprint density at radius 3 is 2.55 bits per heavy atom. The number of carbonyl (C=O) groups is 1. The molecule has 0 radical (unpaired) electrons. The van der Waals surface area contributed by atoms with Gasteiger partial charge in [0.2, 0.25) is 5.91 Å². The van der Waals surface area contributed by atoms with Crippen molar-refractivity contribution in [1.29, 1.82) is 0 Å². The molecule has 0 fully saturated rings. The molecule has 29 heavy (non-hydrogen) atoms. The molecule has 0 bridgehead atoms. The highest BCUT2D eigenvalue weighted by Crippen LogP contribution is 2.31. The molecule has 5 nitrogen and oxygen atoms in total. The van der Waals surface area contributed by atoms with Crippen LogP contribution in [-0.4, -0.2) is 26.4 Å². The van der Waals surface area contributed by atoms with E-state index in [1.165, 1.54) is 11.8 Å². The largest absolute Gasteiger partial charge is 0.325 e. The summed E-state index contributed by atoms with van der Waals surface area (Å²) in [5.41, 5.74) is 1.64. The summed E-state index contributed by atoms with van der Waals surface area (Å²) in [4.78, 5) is 13.4. The van der Waals surface area contributed by atoms with E-state index >= 15 is 0 Å². The molecule has 1 N–H and O–H groups in total. The zero-order chi connectivity index (χ0) is 20.2. The third-order valence-electron chi connectivity index (χ3n) is 3.92. The molecule has 0 aliphatic carbocycles. The number of thioether (sulfide) groups is 1. The molecule has 0 atom stereocenters. The van der Waals surface area contributed by atoms with Gasteiger partial charge in [-0.2, -0.15) is 0 Å². The van der Waals surface area contributed by atoms with E-state index in [1.54, 1.807) is 11.3 Å². The molecule has 1 amide bonds. The fraction of sp³-hybridized carbons (Fsp3) is 0.0500. The number of hydrogen-bond acceptors (Lipinski definition) is 5. The molecule has 4 aromatic rings. The number of aromatic nitrogens is 3. The van der Waals surface area contributed by atoms with Crippen molar-refractivity contribution >= 4 is 62.2 Å². The summed E-state index contributed by atoms with van der Waals surface area (Å²) in [5.74, 6) is 0.838. The molecule has 0 aliphatic heterocycles. The number of amides is 1.